The van der Waals surface area contributed by atoms with Gasteiger partial charge >= 0.3 is 0 Å². The first kappa shape index (κ1) is 15.0. The van der Waals surface area contributed by atoms with Gasteiger partial charge in [-0.15, -0.1) is 0 Å². The lowest BCUT2D eigenvalue weighted by molar-refractivity contribution is 0.174. The lowest BCUT2D eigenvalue weighted by Crippen LogP contribution is -2.24. The summed E-state index contributed by atoms with van der Waals surface area (Å²) in [6.45, 7) is 7.35. The first-order valence-electron chi connectivity index (χ1n) is 7.56. The van der Waals surface area contributed by atoms with Gasteiger partial charge in [-0.3, -0.25) is 4.90 Å². The molecule has 0 saturated carbocycles. The number of aromatic nitrogens is 2. The molecule has 0 bridgehead atoms. The number of fused-ring (bicyclic) bond motifs is 1. The predicted molar refractivity (Wildman–Crippen MR) is 83.2 cm³/mol. The fraction of sp³-hybridized carbons (Fsp3) is 0.500. The highest BCUT2D eigenvalue weighted by Crippen LogP contribution is 2.30. The fourth-order valence-corrected chi connectivity index (χ4v) is 2.70. The predicted octanol–water partition coefficient (Wildman–Crippen LogP) is 2.55. The molecule has 2 aromatic rings. The lowest BCUT2D eigenvalue weighted by atomic mass is 10.1. The SMILES string of the molecule is COCc1noc(CNc2cccc3c2CN(C(C)C)C3)n1. The van der Waals surface area contributed by atoms with Crippen LogP contribution >= 0.6 is 0 Å². The van der Waals surface area contributed by atoms with E-state index in [0.29, 0.717) is 30.9 Å². The maximum Gasteiger partial charge on any atom is 0.246 e. The maximum absolute atomic E-state index is 5.20. The van der Waals surface area contributed by atoms with E-state index in [-0.39, 0.29) is 0 Å². The molecule has 0 atom stereocenters. The second-order valence-electron chi connectivity index (χ2n) is 5.83. The highest BCUT2D eigenvalue weighted by molar-refractivity contribution is 5.56. The molecule has 1 N–H and O–H groups in total. The standard InChI is InChI=1S/C16H22N4O2/c1-11(2)20-8-12-5-4-6-14(13(12)9-20)17-7-16-18-15(10-21-3)19-22-16/h4-6,11,17H,7-10H2,1-3H3. The Labute approximate surface area is 130 Å². The van der Waals surface area contributed by atoms with E-state index in [0.717, 1.165) is 18.8 Å². The molecule has 6 heteroatoms. The van der Waals surface area contributed by atoms with Crippen molar-refractivity contribution in [3.05, 3.63) is 41.0 Å². The van der Waals surface area contributed by atoms with Gasteiger partial charge in [0.05, 0.1) is 6.54 Å². The Balaban J connectivity index is 1.68. The number of anilines is 1. The highest BCUT2D eigenvalue weighted by atomic mass is 16.5. The molecule has 0 spiro atoms. The van der Waals surface area contributed by atoms with Crippen molar-refractivity contribution in [2.75, 3.05) is 12.4 Å². The zero-order valence-corrected chi connectivity index (χ0v) is 13.3. The summed E-state index contributed by atoms with van der Waals surface area (Å²) in [4.78, 5) is 6.73. The van der Waals surface area contributed by atoms with E-state index in [1.165, 1.54) is 11.1 Å². The summed E-state index contributed by atoms with van der Waals surface area (Å²) < 4.78 is 10.2. The number of ether oxygens (including phenoxy) is 1. The van der Waals surface area contributed by atoms with Gasteiger partial charge < -0.3 is 14.6 Å². The van der Waals surface area contributed by atoms with Crippen LogP contribution in [0.3, 0.4) is 0 Å². The van der Waals surface area contributed by atoms with Crippen LogP contribution in [0, 0.1) is 0 Å². The van der Waals surface area contributed by atoms with Gasteiger partial charge in [0.25, 0.3) is 0 Å². The van der Waals surface area contributed by atoms with Gasteiger partial charge in [0, 0.05) is 31.9 Å². The summed E-state index contributed by atoms with van der Waals surface area (Å²) in [5.41, 5.74) is 3.91. The zero-order valence-electron chi connectivity index (χ0n) is 13.3. The zero-order chi connectivity index (χ0) is 15.5. The Morgan fingerprint density at radius 1 is 1.36 bits per heavy atom. The first-order valence-corrected chi connectivity index (χ1v) is 7.56. The van der Waals surface area contributed by atoms with E-state index < -0.39 is 0 Å². The van der Waals surface area contributed by atoms with Crippen molar-refractivity contribution in [3.63, 3.8) is 0 Å². The quantitative estimate of drug-likeness (QED) is 0.885. The minimum atomic E-state index is 0.369. The monoisotopic (exact) mass is 302 g/mol. The second kappa shape index (κ2) is 6.46. The Bertz CT molecular complexity index is 639. The number of hydrogen-bond acceptors (Lipinski definition) is 6. The third-order valence-corrected chi connectivity index (χ3v) is 3.95. The Morgan fingerprint density at radius 2 is 2.23 bits per heavy atom. The molecule has 1 aliphatic rings. The molecular weight excluding hydrogens is 280 g/mol. The summed E-state index contributed by atoms with van der Waals surface area (Å²) in [5.74, 6) is 1.15. The normalized spacial score (nSPS) is 14.5. The van der Waals surface area contributed by atoms with Crippen molar-refractivity contribution >= 4 is 5.69 Å². The molecule has 6 nitrogen and oxygen atoms in total. The minimum Gasteiger partial charge on any atom is -0.377 e. The lowest BCUT2D eigenvalue weighted by Gasteiger charge is -2.19. The van der Waals surface area contributed by atoms with Crippen LogP contribution in [0.5, 0.6) is 0 Å². The van der Waals surface area contributed by atoms with Gasteiger partial charge in [-0.1, -0.05) is 17.3 Å². The summed E-state index contributed by atoms with van der Waals surface area (Å²) in [7, 11) is 1.61. The average molecular weight is 302 g/mol. The molecule has 1 aliphatic heterocycles. The van der Waals surface area contributed by atoms with Crippen LogP contribution in [0.1, 0.15) is 36.7 Å². The second-order valence-corrected chi connectivity index (χ2v) is 5.83. The van der Waals surface area contributed by atoms with E-state index in [4.69, 9.17) is 9.26 Å². The van der Waals surface area contributed by atoms with Crippen LogP contribution < -0.4 is 5.32 Å². The number of nitrogens with one attached hydrogen (secondary N) is 1. The average Bonchev–Trinajstić information content (AvgIpc) is 3.12. The largest absolute Gasteiger partial charge is 0.377 e. The van der Waals surface area contributed by atoms with Gasteiger partial charge in [0.1, 0.15) is 6.61 Å². The summed E-state index contributed by atoms with van der Waals surface area (Å²) >= 11 is 0. The minimum absolute atomic E-state index is 0.369. The Kier molecular flexibility index (Phi) is 4.40. The van der Waals surface area contributed by atoms with Crippen LogP contribution in [-0.2, 0) is 31.0 Å². The van der Waals surface area contributed by atoms with E-state index in [1.54, 1.807) is 7.11 Å². The van der Waals surface area contributed by atoms with Crippen molar-refractivity contribution in [2.45, 2.75) is 46.1 Å². The number of benzene rings is 1. The molecule has 0 fully saturated rings. The van der Waals surface area contributed by atoms with Crippen LogP contribution in [0.25, 0.3) is 0 Å². The van der Waals surface area contributed by atoms with Crippen LogP contribution in [-0.4, -0.2) is 28.2 Å². The molecule has 0 radical (unpaired) electrons. The fourth-order valence-electron chi connectivity index (χ4n) is 2.70. The molecule has 2 heterocycles. The topological polar surface area (TPSA) is 63.4 Å². The van der Waals surface area contributed by atoms with Gasteiger partial charge in [-0.2, -0.15) is 4.98 Å². The number of methoxy groups -OCH3 is 1. The Hall–Kier alpha value is -1.92. The van der Waals surface area contributed by atoms with Crippen molar-refractivity contribution < 1.29 is 9.26 Å². The van der Waals surface area contributed by atoms with Crippen molar-refractivity contribution in [1.29, 1.82) is 0 Å². The van der Waals surface area contributed by atoms with Crippen LogP contribution in [0.2, 0.25) is 0 Å². The van der Waals surface area contributed by atoms with Crippen LogP contribution in [0.4, 0.5) is 5.69 Å². The number of nitrogens with zero attached hydrogens (tertiary/aromatic N) is 3. The van der Waals surface area contributed by atoms with Crippen molar-refractivity contribution in [3.8, 4) is 0 Å². The van der Waals surface area contributed by atoms with Gasteiger partial charge in [-0.25, -0.2) is 0 Å². The molecule has 3 rings (SSSR count). The summed E-state index contributed by atoms with van der Waals surface area (Å²) in [6.07, 6.45) is 0. The van der Waals surface area contributed by atoms with E-state index >= 15 is 0 Å². The first-order chi connectivity index (χ1) is 10.7. The van der Waals surface area contributed by atoms with E-state index in [2.05, 4.69) is 52.4 Å². The molecule has 0 saturated heterocycles. The molecule has 1 aromatic carbocycles. The maximum atomic E-state index is 5.20. The molecule has 1 aromatic heterocycles. The van der Waals surface area contributed by atoms with E-state index in [9.17, 15) is 0 Å². The third kappa shape index (κ3) is 3.13. The smallest absolute Gasteiger partial charge is 0.246 e. The molecule has 118 valence electrons. The number of hydrogen-bond donors (Lipinski definition) is 1. The molecule has 22 heavy (non-hydrogen) atoms. The number of rotatable bonds is 6. The third-order valence-electron chi connectivity index (χ3n) is 3.95. The Morgan fingerprint density at radius 3 is 3.00 bits per heavy atom. The summed E-state index contributed by atoms with van der Waals surface area (Å²) in [5, 5.41) is 7.28. The van der Waals surface area contributed by atoms with Gasteiger partial charge in [0.15, 0.2) is 5.82 Å². The van der Waals surface area contributed by atoms with Gasteiger partial charge in [-0.05, 0) is 31.0 Å². The highest BCUT2D eigenvalue weighted by Gasteiger charge is 2.23. The van der Waals surface area contributed by atoms with Gasteiger partial charge in [0.2, 0.25) is 5.89 Å². The molecular formula is C16H22N4O2. The molecule has 0 aliphatic carbocycles. The molecule has 0 unspecified atom stereocenters. The van der Waals surface area contributed by atoms with Crippen molar-refractivity contribution in [2.24, 2.45) is 0 Å². The summed E-state index contributed by atoms with van der Waals surface area (Å²) in [6, 6.07) is 6.95. The van der Waals surface area contributed by atoms with Crippen molar-refractivity contribution in [1.82, 2.24) is 15.0 Å². The van der Waals surface area contributed by atoms with E-state index in [1.807, 2.05) is 0 Å². The molecule has 0 amide bonds. The van der Waals surface area contributed by atoms with Crippen LogP contribution in [0.15, 0.2) is 22.7 Å².